The maximum absolute atomic E-state index is 9.10. The zero-order valence-electron chi connectivity index (χ0n) is 34.0. The zero-order chi connectivity index (χ0) is 43.6. The molecule has 318 valence electrons. The summed E-state index contributed by atoms with van der Waals surface area (Å²) in [5.74, 6) is -3.05. The third-order valence-electron chi connectivity index (χ3n) is 9.07. The summed E-state index contributed by atoms with van der Waals surface area (Å²) in [5.41, 5.74) is 6.04. The van der Waals surface area contributed by atoms with Crippen molar-refractivity contribution in [3.63, 3.8) is 0 Å². The first-order valence-electron chi connectivity index (χ1n) is 18.0. The third-order valence-corrected chi connectivity index (χ3v) is 9.07. The SMILES string of the molecule is COc1cc(-c2cc(CN(C)CC3CCN(Cc4ccnc(-c5cc(OC)c(OC)c(OC)c5)c4)CC3)ccn2)cc(OC)c1OC.O=C(O)C(=O)O.O=C(O)C(=O)O. The molecule has 0 saturated carbocycles. The lowest BCUT2D eigenvalue weighted by atomic mass is 9.95. The quantitative estimate of drug-likeness (QED) is 0.128. The van der Waals surface area contributed by atoms with Gasteiger partial charge in [-0.05, 0) is 98.6 Å². The van der Waals surface area contributed by atoms with Crippen LogP contribution in [0.5, 0.6) is 34.5 Å². The lowest BCUT2D eigenvalue weighted by molar-refractivity contribution is -0.159. The average Bonchev–Trinajstić information content (AvgIpc) is 3.23. The number of ether oxygens (including phenoxy) is 6. The normalized spacial score (nSPS) is 12.5. The Balaban J connectivity index is 0.000000677. The van der Waals surface area contributed by atoms with E-state index in [0.717, 1.165) is 55.2 Å². The van der Waals surface area contributed by atoms with Gasteiger partial charge in [-0.2, -0.15) is 0 Å². The number of aromatic nitrogens is 2. The molecule has 1 aliphatic rings. The number of benzene rings is 2. The van der Waals surface area contributed by atoms with Gasteiger partial charge in [-0.3, -0.25) is 14.9 Å². The fourth-order valence-corrected chi connectivity index (χ4v) is 6.32. The first-order chi connectivity index (χ1) is 28.2. The maximum Gasteiger partial charge on any atom is 0.414 e. The van der Waals surface area contributed by atoms with Gasteiger partial charge in [0.1, 0.15) is 0 Å². The number of pyridine rings is 2. The van der Waals surface area contributed by atoms with Crippen LogP contribution in [0.1, 0.15) is 24.0 Å². The van der Waals surface area contributed by atoms with Crippen molar-refractivity contribution in [2.24, 2.45) is 5.92 Å². The Bertz CT molecular complexity index is 1950. The Labute approximate surface area is 341 Å². The highest BCUT2D eigenvalue weighted by Crippen LogP contribution is 2.42. The van der Waals surface area contributed by atoms with Gasteiger partial charge in [-0.25, -0.2) is 19.2 Å². The molecule has 0 amide bonds. The predicted molar refractivity (Wildman–Crippen MR) is 214 cm³/mol. The largest absolute Gasteiger partial charge is 0.493 e. The fourth-order valence-electron chi connectivity index (χ4n) is 6.32. The number of hydrogen-bond acceptors (Lipinski definition) is 14. The molecule has 4 aromatic rings. The van der Waals surface area contributed by atoms with Crippen LogP contribution in [0, 0.1) is 5.92 Å². The molecule has 3 heterocycles. The lowest BCUT2D eigenvalue weighted by Gasteiger charge is -2.34. The van der Waals surface area contributed by atoms with E-state index in [1.807, 2.05) is 36.7 Å². The number of rotatable bonds is 14. The number of piperidine rings is 1. The highest BCUT2D eigenvalue weighted by atomic mass is 16.5. The number of hydrogen-bond donors (Lipinski definition) is 4. The van der Waals surface area contributed by atoms with Crippen LogP contribution in [0.4, 0.5) is 0 Å². The van der Waals surface area contributed by atoms with E-state index in [0.29, 0.717) is 40.4 Å². The van der Waals surface area contributed by atoms with Crippen molar-refractivity contribution in [2.45, 2.75) is 25.9 Å². The summed E-state index contributed by atoms with van der Waals surface area (Å²) in [6.07, 6.45) is 6.08. The van der Waals surface area contributed by atoms with Gasteiger partial charge in [-0.1, -0.05) is 0 Å². The number of methoxy groups -OCH3 is 6. The summed E-state index contributed by atoms with van der Waals surface area (Å²) in [5, 5.41) is 29.6. The van der Waals surface area contributed by atoms with Crippen LogP contribution in [0.15, 0.2) is 60.9 Å². The van der Waals surface area contributed by atoms with Gasteiger partial charge in [0.25, 0.3) is 0 Å². The van der Waals surface area contributed by atoms with Gasteiger partial charge in [0, 0.05) is 43.2 Å². The maximum atomic E-state index is 9.10. The van der Waals surface area contributed by atoms with Gasteiger partial charge >= 0.3 is 23.9 Å². The van der Waals surface area contributed by atoms with Crippen LogP contribution in [-0.4, -0.2) is 133 Å². The van der Waals surface area contributed by atoms with Gasteiger partial charge in [0.05, 0.1) is 54.0 Å². The standard InChI is InChI=1S/C37H46N4O6.2C2H2O4/c1-40(23-26-8-12-38-30(16-26)28-18-32(42-2)36(46-6)33(19-28)43-3)22-25-10-14-41(15-11-25)24-27-9-13-39-31(17-27)29-20-34(44-4)37(47-7)35(21-29)45-5;2*3-1(4)2(5)6/h8-9,12-13,16-21,25H,10-11,14-15,22-24H2,1-7H3;2*(H,3,4)(H,5,6). The molecule has 18 nitrogen and oxygen atoms in total. The number of carbonyl (C=O) groups is 4. The predicted octanol–water partition coefficient (Wildman–Crippen LogP) is 4.52. The topological polar surface area (TPSA) is 237 Å². The lowest BCUT2D eigenvalue weighted by Crippen LogP contribution is -2.37. The van der Waals surface area contributed by atoms with E-state index in [2.05, 4.69) is 51.1 Å². The average molecular weight is 823 g/mol. The molecular weight excluding hydrogens is 772 g/mol. The monoisotopic (exact) mass is 822 g/mol. The van der Waals surface area contributed by atoms with Crippen molar-refractivity contribution in [2.75, 3.05) is 69.3 Å². The molecule has 18 heteroatoms. The Morgan fingerprint density at radius 1 is 0.610 bits per heavy atom. The summed E-state index contributed by atoms with van der Waals surface area (Å²) >= 11 is 0. The first kappa shape index (κ1) is 46.7. The van der Waals surface area contributed by atoms with Gasteiger partial charge in [0.15, 0.2) is 23.0 Å². The smallest absolute Gasteiger partial charge is 0.414 e. The molecule has 1 aliphatic heterocycles. The molecule has 0 bridgehead atoms. The first-order valence-corrected chi connectivity index (χ1v) is 18.0. The summed E-state index contributed by atoms with van der Waals surface area (Å²) in [7, 11) is 11.9. The van der Waals surface area contributed by atoms with Crippen LogP contribution in [0.25, 0.3) is 22.5 Å². The number of likely N-dealkylation sites (tertiary alicyclic amines) is 1. The van der Waals surface area contributed by atoms with E-state index >= 15 is 0 Å². The number of aliphatic carboxylic acids is 4. The molecule has 59 heavy (non-hydrogen) atoms. The molecule has 2 aromatic carbocycles. The number of nitrogens with zero attached hydrogens (tertiary/aromatic N) is 4. The Kier molecular flexibility index (Phi) is 18.2. The van der Waals surface area contributed by atoms with Crippen molar-refractivity contribution in [3.8, 4) is 57.0 Å². The van der Waals surface area contributed by atoms with E-state index in [4.69, 9.17) is 68.0 Å². The van der Waals surface area contributed by atoms with Crippen LogP contribution in [-0.2, 0) is 32.3 Å². The van der Waals surface area contributed by atoms with E-state index in [1.165, 1.54) is 24.0 Å². The van der Waals surface area contributed by atoms with Gasteiger partial charge < -0.3 is 53.7 Å². The number of carboxylic acids is 4. The van der Waals surface area contributed by atoms with Crippen molar-refractivity contribution in [1.82, 2.24) is 19.8 Å². The van der Waals surface area contributed by atoms with Gasteiger partial charge in [-0.15, -0.1) is 0 Å². The number of carboxylic acid groups (broad SMARTS) is 4. The van der Waals surface area contributed by atoms with E-state index in [1.54, 1.807) is 42.7 Å². The van der Waals surface area contributed by atoms with Crippen LogP contribution >= 0.6 is 0 Å². The van der Waals surface area contributed by atoms with Crippen LogP contribution in [0.2, 0.25) is 0 Å². The minimum Gasteiger partial charge on any atom is -0.493 e. The zero-order valence-corrected chi connectivity index (χ0v) is 34.0. The minimum absolute atomic E-state index is 0.571. The second kappa shape index (κ2) is 22.9. The summed E-state index contributed by atoms with van der Waals surface area (Å²) in [6, 6.07) is 16.2. The van der Waals surface area contributed by atoms with Crippen LogP contribution < -0.4 is 28.4 Å². The molecular formula is C41H50N4O14. The van der Waals surface area contributed by atoms with Gasteiger partial charge in [0.2, 0.25) is 11.5 Å². The molecule has 0 spiro atoms. The molecule has 4 N–H and O–H groups in total. The van der Waals surface area contributed by atoms with Crippen molar-refractivity contribution < 1.29 is 68.0 Å². The van der Waals surface area contributed by atoms with Crippen LogP contribution in [0.3, 0.4) is 0 Å². The van der Waals surface area contributed by atoms with Crippen molar-refractivity contribution in [1.29, 1.82) is 0 Å². The van der Waals surface area contributed by atoms with E-state index in [-0.39, 0.29) is 0 Å². The molecule has 0 radical (unpaired) electrons. The highest BCUT2D eigenvalue weighted by molar-refractivity contribution is 6.27. The molecule has 2 aromatic heterocycles. The molecule has 0 atom stereocenters. The van der Waals surface area contributed by atoms with Crippen molar-refractivity contribution >= 4 is 23.9 Å². The molecule has 5 rings (SSSR count). The minimum atomic E-state index is -1.82. The van der Waals surface area contributed by atoms with E-state index < -0.39 is 23.9 Å². The third kappa shape index (κ3) is 13.8. The fraction of sp³-hybridized carbons (Fsp3) is 0.366. The second-order valence-corrected chi connectivity index (χ2v) is 13.1. The molecule has 0 aliphatic carbocycles. The molecule has 0 unspecified atom stereocenters. The highest BCUT2D eigenvalue weighted by Gasteiger charge is 2.22. The Hall–Kier alpha value is -6.66. The summed E-state index contributed by atoms with van der Waals surface area (Å²) in [4.78, 5) is 50.6. The summed E-state index contributed by atoms with van der Waals surface area (Å²) in [6.45, 7) is 4.93. The Morgan fingerprint density at radius 3 is 1.34 bits per heavy atom. The second-order valence-electron chi connectivity index (χ2n) is 13.1. The molecule has 1 saturated heterocycles. The Morgan fingerprint density at radius 2 is 0.983 bits per heavy atom. The van der Waals surface area contributed by atoms with E-state index in [9.17, 15) is 0 Å². The summed E-state index contributed by atoms with van der Waals surface area (Å²) < 4.78 is 33.2. The van der Waals surface area contributed by atoms with Crippen molar-refractivity contribution in [3.05, 3.63) is 72.1 Å². The molecule has 1 fully saturated rings.